The van der Waals surface area contributed by atoms with Crippen LogP contribution in [0.5, 0.6) is 0 Å². The van der Waals surface area contributed by atoms with Gasteiger partial charge in [0.1, 0.15) is 10.9 Å². The molecule has 9 heteroatoms. The molecule has 0 spiro atoms. The minimum absolute atomic E-state index is 0.0338. The van der Waals surface area contributed by atoms with Gasteiger partial charge in [0.05, 0.1) is 5.02 Å². The lowest BCUT2D eigenvalue weighted by Gasteiger charge is -2.21. The van der Waals surface area contributed by atoms with E-state index in [-0.39, 0.29) is 26.9 Å². The molecule has 1 aromatic carbocycles. The summed E-state index contributed by atoms with van der Waals surface area (Å²) in [5, 5.41) is 3.11. The molecule has 0 aliphatic heterocycles. The molecule has 1 aromatic rings. The summed E-state index contributed by atoms with van der Waals surface area (Å²) in [5.41, 5.74) is 0. The summed E-state index contributed by atoms with van der Waals surface area (Å²) in [7, 11) is -3.97. The van der Waals surface area contributed by atoms with Crippen LogP contribution in [0.25, 0.3) is 0 Å². The van der Waals surface area contributed by atoms with E-state index in [1.165, 1.54) is 30.0 Å². The van der Waals surface area contributed by atoms with E-state index < -0.39 is 16.1 Å². The van der Waals surface area contributed by atoms with Gasteiger partial charge in [-0.25, -0.2) is 8.42 Å². The fourth-order valence-corrected chi connectivity index (χ4v) is 4.32. The second-order valence-corrected chi connectivity index (χ2v) is 8.86. The third kappa shape index (κ3) is 6.44. The number of carbonyl (C=O) groups is 1. The standard InChI is InChI=1S/C15H22Cl2N2O3S2/c1-4-10(2)18-15(20)13(7-8-23-3)19-24(21,22)14-9-11(16)5-6-12(14)17/h5-6,9-10,13,19H,4,7-8H2,1-3H3,(H,18,20). The lowest BCUT2D eigenvalue weighted by molar-refractivity contribution is -0.123. The van der Waals surface area contributed by atoms with Crippen LogP contribution in [-0.4, -0.2) is 38.4 Å². The Balaban J connectivity index is 3.03. The number of hydrogen-bond acceptors (Lipinski definition) is 4. The highest BCUT2D eigenvalue weighted by molar-refractivity contribution is 7.98. The van der Waals surface area contributed by atoms with Crippen LogP contribution >= 0.6 is 35.0 Å². The van der Waals surface area contributed by atoms with Gasteiger partial charge in [0.15, 0.2) is 0 Å². The van der Waals surface area contributed by atoms with Crippen LogP contribution in [0.4, 0.5) is 0 Å². The molecule has 24 heavy (non-hydrogen) atoms. The van der Waals surface area contributed by atoms with Crippen LogP contribution < -0.4 is 10.0 Å². The number of hydrogen-bond donors (Lipinski definition) is 2. The van der Waals surface area contributed by atoms with E-state index >= 15 is 0 Å². The predicted molar refractivity (Wildman–Crippen MR) is 101 cm³/mol. The molecule has 0 radical (unpaired) electrons. The summed E-state index contributed by atoms with van der Waals surface area (Å²) in [5.74, 6) is 0.296. The highest BCUT2D eigenvalue weighted by Gasteiger charge is 2.27. The molecular weight excluding hydrogens is 391 g/mol. The Morgan fingerprint density at radius 2 is 2.00 bits per heavy atom. The smallest absolute Gasteiger partial charge is 0.242 e. The van der Waals surface area contributed by atoms with Crippen LogP contribution in [0, 0.1) is 0 Å². The summed E-state index contributed by atoms with van der Waals surface area (Å²) in [4.78, 5) is 12.2. The van der Waals surface area contributed by atoms with E-state index in [0.29, 0.717) is 12.2 Å². The van der Waals surface area contributed by atoms with Crippen molar-refractivity contribution in [2.45, 2.75) is 43.7 Å². The van der Waals surface area contributed by atoms with Gasteiger partial charge < -0.3 is 5.32 Å². The van der Waals surface area contributed by atoms with E-state index in [0.717, 1.165) is 6.42 Å². The number of thioether (sulfide) groups is 1. The molecule has 0 aliphatic carbocycles. The van der Waals surface area contributed by atoms with Gasteiger partial charge in [0, 0.05) is 11.1 Å². The molecule has 5 nitrogen and oxygen atoms in total. The highest BCUT2D eigenvalue weighted by atomic mass is 35.5. The molecule has 0 heterocycles. The molecule has 136 valence electrons. The molecule has 2 unspecified atom stereocenters. The monoisotopic (exact) mass is 412 g/mol. The van der Waals surface area contributed by atoms with Crippen molar-refractivity contribution >= 4 is 50.9 Å². The number of amides is 1. The number of rotatable bonds is 9. The number of carbonyl (C=O) groups excluding carboxylic acids is 1. The summed E-state index contributed by atoms with van der Waals surface area (Å²) in [6.07, 6.45) is 3.03. The molecule has 1 rings (SSSR count). The van der Waals surface area contributed by atoms with Crippen molar-refractivity contribution in [3.63, 3.8) is 0 Å². The maximum Gasteiger partial charge on any atom is 0.242 e. The van der Waals surface area contributed by atoms with Crippen LogP contribution in [0.3, 0.4) is 0 Å². The second kappa shape index (κ2) is 9.87. The predicted octanol–water partition coefficient (Wildman–Crippen LogP) is 3.31. The SMILES string of the molecule is CCC(C)NC(=O)C(CCSC)NS(=O)(=O)c1cc(Cl)ccc1Cl. The molecule has 0 bridgehead atoms. The Kier molecular flexibility index (Phi) is 8.87. The molecule has 0 fully saturated rings. The number of benzene rings is 1. The van der Waals surface area contributed by atoms with Crippen LogP contribution in [0.15, 0.2) is 23.1 Å². The van der Waals surface area contributed by atoms with Crippen LogP contribution in [0.2, 0.25) is 10.0 Å². The minimum Gasteiger partial charge on any atom is -0.352 e. The normalized spacial score (nSPS) is 14.2. The number of nitrogens with one attached hydrogen (secondary N) is 2. The largest absolute Gasteiger partial charge is 0.352 e. The molecular formula is C15H22Cl2N2O3S2. The first kappa shape index (κ1) is 21.6. The van der Waals surface area contributed by atoms with Crippen molar-refractivity contribution in [1.29, 1.82) is 0 Å². The molecule has 0 saturated carbocycles. The molecule has 0 aromatic heterocycles. The van der Waals surface area contributed by atoms with Crippen molar-refractivity contribution in [3.05, 3.63) is 28.2 Å². The summed E-state index contributed by atoms with van der Waals surface area (Å²) in [6, 6.07) is 3.28. The molecule has 2 N–H and O–H groups in total. The average molecular weight is 413 g/mol. The third-order valence-corrected chi connectivity index (χ3v) is 6.24. The van der Waals surface area contributed by atoms with E-state index in [2.05, 4.69) is 10.0 Å². The summed E-state index contributed by atoms with van der Waals surface area (Å²) in [6.45, 7) is 3.81. The van der Waals surface area contributed by atoms with Gasteiger partial charge in [-0.15, -0.1) is 0 Å². The Labute approximate surface area is 157 Å². The maximum atomic E-state index is 12.6. The second-order valence-electron chi connectivity index (χ2n) is 5.35. The summed E-state index contributed by atoms with van der Waals surface area (Å²) < 4.78 is 27.6. The molecule has 1 amide bonds. The Hall–Kier alpha value is -0.470. The van der Waals surface area contributed by atoms with Gasteiger partial charge in [0.25, 0.3) is 0 Å². The fourth-order valence-electron chi connectivity index (χ4n) is 1.86. The molecule has 2 atom stereocenters. The number of halogens is 2. The number of sulfonamides is 1. The Morgan fingerprint density at radius 1 is 1.33 bits per heavy atom. The quantitative estimate of drug-likeness (QED) is 0.652. The van der Waals surface area contributed by atoms with E-state index in [1.807, 2.05) is 20.1 Å². The van der Waals surface area contributed by atoms with E-state index in [9.17, 15) is 13.2 Å². The van der Waals surface area contributed by atoms with Gasteiger partial charge in [-0.05, 0) is 50.0 Å². The van der Waals surface area contributed by atoms with Gasteiger partial charge in [-0.2, -0.15) is 16.5 Å². The van der Waals surface area contributed by atoms with Gasteiger partial charge in [0.2, 0.25) is 15.9 Å². The zero-order valence-corrected chi connectivity index (χ0v) is 17.0. The topological polar surface area (TPSA) is 75.3 Å². The van der Waals surface area contributed by atoms with Gasteiger partial charge in [-0.3, -0.25) is 4.79 Å². The van der Waals surface area contributed by atoms with Crippen molar-refractivity contribution < 1.29 is 13.2 Å². The van der Waals surface area contributed by atoms with Gasteiger partial charge >= 0.3 is 0 Å². The van der Waals surface area contributed by atoms with Crippen molar-refractivity contribution in [3.8, 4) is 0 Å². The van der Waals surface area contributed by atoms with Crippen molar-refractivity contribution in [2.24, 2.45) is 0 Å². The molecule has 0 saturated heterocycles. The van der Waals surface area contributed by atoms with E-state index in [4.69, 9.17) is 23.2 Å². The van der Waals surface area contributed by atoms with Crippen LogP contribution in [0.1, 0.15) is 26.7 Å². The summed E-state index contributed by atoms with van der Waals surface area (Å²) >= 11 is 13.4. The first-order chi connectivity index (χ1) is 11.2. The molecule has 0 aliphatic rings. The average Bonchev–Trinajstić information content (AvgIpc) is 2.53. The van der Waals surface area contributed by atoms with Gasteiger partial charge in [-0.1, -0.05) is 30.1 Å². The maximum absolute atomic E-state index is 12.6. The zero-order chi connectivity index (χ0) is 18.3. The minimum atomic E-state index is -3.97. The zero-order valence-electron chi connectivity index (χ0n) is 13.8. The Bertz CT molecular complexity index is 669. The first-order valence-electron chi connectivity index (χ1n) is 7.48. The first-order valence-corrected chi connectivity index (χ1v) is 11.1. The lowest BCUT2D eigenvalue weighted by Crippen LogP contribution is -2.49. The van der Waals surface area contributed by atoms with E-state index in [1.54, 1.807) is 0 Å². The highest BCUT2D eigenvalue weighted by Crippen LogP contribution is 2.25. The third-order valence-electron chi connectivity index (χ3n) is 3.41. The lowest BCUT2D eigenvalue weighted by atomic mass is 10.2. The van der Waals surface area contributed by atoms with Crippen molar-refractivity contribution in [1.82, 2.24) is 10.0 Å². The van der Waals surface area contributed by atoms with Crippen LogP contribution in [-0.2, 0) is 14.8 Å². The van der Waals surface area contributed by atoms with Crippen molar-refractivity contribution in [2.75, 3.05) is 12.0 Å². The Morgan fingerprint density at radius 3 is 2.58 bits per heavy atom. The fraction of sp³-hybridized carbons (Fsp3) is 0.533.